The summed E-state index contributed by atoms with van der Waals surface area (Å²) in [4.78, 5) is 73.6. The number of methoxy groups -OCH3 is 2. The topological polar surface area (TPSA) is 193 Å². The molecule has 0 saturated carbocycles. The highest BCUT2D eigenvalue weighted by Crippen LogP contribution is 2.44. The van der Waals surface area contributed by atoms with Crippen LogP contribution in [0.5, 0.6) is 5.75 Å². The number of ether oxygens (including phenoxy) is 4. The molecule has 4 aliphatic rings. The number of hydrogen-bond acceptors (Lipinski definition) is 10. The maximum absolute atomic E-state index is 14.4. The molecule has 16 nitrogen and oxygen atoms in total. The minimum absolute atomic E-state index is 0.0184. The molecule has 2 aromatic heterocycles. The number of rotatable bonds is 9. The second kappa shape index (κ2) is 17.4. The van der Waals surface area contributed by atoms with Crippen LogP contribution < -0.4 is 15.4 Å². The van der Waals surface area contributed by atoms with Crippen LogP contribution in [-0.4, -0.2) is 105 Å². The Hall–Kier alpha value is -6.16. The summed E-state index contributed by atoms with van der Waals surface area (Å²) in [7, 11) is 2.61. The van der Waals surface area contributed by atoms with Crippen LogP contribution in [0.3, 0.4) is 0 Å². The fourth-order valence-corrected chi connectivity index (χ4v) is 10.6. The van der Waals surface area contributed by atoms with Gasteiger partial charge in [-0.25, -0.2) is 19.6 Å². The van der Waals surface area contributed by atoms with E-state index in [1.807, 2.05) is 56.7 Å². The maximum Gasteiger partial charge on any atom is 0.407 e. The molecule has 3 fully saturated rings. The molecule has 0 radical (unpaired) electrons. The molecule has 0 aliphatic carbocycles. The van der Waals surface area contributed by atoms with Crippen molar-refractivity contribution in [3.63, 3.8) is 0 Å². The van der Waals surface area contributed by atoms with E-state index in [0.29, 0.717) is 31.8 Å². The average molecular weight is 875 g/mol. The van der Waals surface area contributed by atoms with Crippen molar-refractivity contribution < 1.29 is 38.1 Å². The molecule has 5 aromatic rings. The molecule has 9 rings (SSSR count). The standard InChI is InChI=1S/C48H58N8O8/c1-24(2)40(53-47(59)61-6)46(58)56-25(3)10-15-38(56)43-49-22-36(51-43)29-11-13-32-31(19-29)23-63-39-21-33-28(20-34(32)39)12-14-35-42(33)52-44(50-35)37-9-8-16-55(37)45(57)41(54-48(60)62-7)30-17-26(4)64-27(5)18-30/h11-14,19-22,24-27,30,37-38,40-41H,8-10,15-18,23H2,1-7H3,(H,49,51)(H,50,52)(H,53,59)(H,54,60). The van der Waals surface area contributed by atoms with Gasteiger partial charge in [0.15, 0.2) is 0 Å². The Balaban J connectivity index is 0.955. The third kappa shape index (κ3) is 8.01. The summed E-state index contributed by atoms with van der Waals surface area (Å²) in [5, 5.41) is 7.56. The molecular formula is C48H58N8O8. The number of carbonyl (C=O) groups excluding carboxylic acids is 4. The van der Waals surface area contributed by atoms with E-state index in [4.69, 9.17) is 28.9 Å². The quantitative estimate of drug-likeness (QED) is 0.114. The normalized spacial score (nSPS) is 23.9. The van der Waals surface area contributed by atoms with Gasteiger partial charge in [-0.05, 0) is 117 Å². The molecular weight excluding hydrogens is 817 g/mol. The van der Waals surface area contributed by atoms with E-state index in [1.54, 1.807) is 0 Å². The van der Waals surface area contributed by atoms with Crippen LogP contribution in [0.25, 0.3) is 44.2 Å². The fraction of sp³-hybridized carbons (Fsp3) is 0.500. The number of nitrogens with zero attached hydrogens (tertiary/aromatic N) is 4. The first kappa shape index (κ1) is 43.1. The first-order valence-electron chi connectivity index (χ1n) is 22.6. The number of imidazole rings is 2. The van der Waals surface area contributed by atoms with Gasteiger partial charge < -0.3 is 49.3 Å². The number of fused-ring (bicyclic) bond motifs is 6. The summed E-state index contributed by atoms with van der Waals surface area (Å²) in [5.41, 5.74) is 6.58. The van der Waals surface area contributed by atoms with Crippen molar-refractivity contribution in [1.82, 2.24) is 40.4 Å². The first-order chi connectivity index (χ1) is 30.8. The van der Waals surface area contributed by atoms with E-state index in [0.717, 1.165) is 87.0 Å². The zero-order chi connectivity index (χ0) is 45.0. The molecule has 4 amide bonds. The SMILES string of the molecule is COC(=O)NC(C(=O)N1C(C)CCC1c1ncc(-c2ccc3c(c2)COc2cc4c(ccc5[nH]c(C6CCCN6C(=O)C(NC(=O)OC)C6CC(C)OC(C)C6)nc54)cc2-3)[nH]1)C(C)C. The van der Waals surface area contributed by atoms with Crippen molar-refractivity contribution in [2.75, 3.05) is 20.8 Å². The van der Waals surface area contributed by atoms with Gasteiger partial charge in [0.05, 0.1) is 61.4 Å². The molecule has 0 spiro atoms. The van der Waals surface area contributed by atoms with Gasteiger partial charge in [-0.2, -0.15) is 0 Å². The number of nitrogens with one attached hydrogen (secondary N) is 4. The number of hydrogen-bond donors (Lipinski definition) is 4. The molecule has 4 N–H and O–H groups in total. The van der Waals surface area contributed by atoms with E-state index < -0.39 is 24.3 Å². The lowest BCUT2D eigenvalue weighted by molar-refractivity contribution is -0.139. The molecule has 64 heavy (non-hydrogen) atoms. The van der Waals surface area contributed by atoms with Gasteiger partial charge in [-0.15, -0.1) is 0 Å². The van der Waals surface area contributed by atoms with Crippen molar-refractivity contribution in [3.8, 4) is 28.1 Å². The molecule has 7 atom stereocenters. The highest BCUT2D eigenvalue weighted by atomic mass is 16.5. The number of carbonyl (C=O) groups is 4. The molecule has 7 unspecified atom stereocenters. The van der Waals surface area contributed by atoms with Crippen LogP contribution in [0.15, 0.2) is 48.7 Å². The monoisotopic (exact) mass is 874 g/mol. The lowest BCUT2D eigenvalue weighted by atomic mass is 9.85. The van der Waals surface area contributed by atoms with E-state index in [1.165, 1.54) is 14.2 Å². The van der Waals surface area contributed by atoms with Crippen molar-refractivity contribution in [3.05, 3.63) is 65.9 Å². The number of benzene rings is 3. The smallest absolute Gasteiger partial charge is 0.407 e. The number of H-pyrrole nitrogens is 2. The van der Waals surface area contributed by atoms with Gasteiger partial charge in [0.1, 0.15) is 36.1 Å². The van der Waals surface area contributed by atoms with E-state index in [2.05, 4.69) is 57.0 Å². The molecule has 0 bridgehead atoms. The summed E-state index contributed by atoms with van der Waals surface area (Å²) in [6.07, 6.45) is 4.96. The zero-order valence-electron chi connectivity index (χ0n) is 37.5. The summed E-state index contributed by atoms with van der Waals surface area (Å²) >= 11 is 0. The van der Waals surface area contributed by atoms with Crippen LogP contribution in [0.1, 0.15) is 102 Å². The Bertz CT molecular complexity index is 2590. The molecule has 3 aromatic carbocycles. The fourth-order valence-electron chi connectivity index (χ4n) is 10.6. The Morgan fingerprint density at radius 1 is 0.844 bits per heavy atom. The third-order valence-corrected chi connectivity index (χ3v) is 13.7. The van der Waals surface area contributed by atoms with Crippen LogP contribution in [0.4, 0.5) is 9.59 Å². The van der Waals surface area contributed by atoms with Crippen molar-refractivity contribution >= 4 is 45.8 Å². The van der Waals surface area contributed by atoms with Crippen LogP contribution in [0.2, 0.25) is 0 Å². The minimum atomic E-state index is -0.738. The first-order valence-corrected chi connectivity index (χ1v) is 22.6. The highest BCUT2D eigenvalue weighted by Gasteiger charge is 2.43. The number of aromatic amines is 2. The summed E-state index contributed by atoms with van der Waals surface area (Å²) < 4.78 is 22.2. The largest absolute Gasteiger partial charge is 0.488 e. The predicted octanol–water partition coefficient (Wildman–Crippen LogP) is 7.69. The second-order valence-corrected chi connectivity index (χ2v) is 18.3. The molecule has 16 heteroatoms. The zero-order valence-corrected chi connectivity index (χ0v) is 37.5. The molecule has 338 valence electrons. The van der Waals surface area contributed by atoms with E-state index >= 15 is 0 Å². The summed E-state index contributed by atoms with van der Waals surface area (Å²) in [6, 6.07) is 12.7. The Kier molecular flexibility index (Phi) is 11.7. The Morgan fingerprint density at radius 3 is 2.36 bits per heavy atom. The molecule has 6 heterocycles. The van der Waals surface area contributed by atoms with Crippen molar-refractivity contribution in [1.29, 1.82) is 0 Å². The number of aromatic nitrogens is 4. The number of alkyl carbamates (subject to hydrolysis) is 2. The average Bonchev–Trinajstić information content (AvgIpc) is 4.12. The van der Waals surface area contributed by atoms with Crippen LogP contribution in [0, 0.1) is 11.8 Å². The molecule has 3 saturated heterocycles. The van der Waals surface area contributed by atoms with E-state index in [9.17, 15) is 19.2 Å². The van der Waals surface area contributed by atoms with Crippen molar-refractivity contribution in [2.24, 2.45) is 11.8 Å². The van der Waals surface area contributed by atoms with Gasteiger partial charge >= 0.3 is 12.2 Å². The van der Waals surface area contributed by atoms with Gasteiger partial charge in [0.25, 0.3) is 0 Å². The van der Waals surface area contributed by atoms with Gasteiger partial charge in [0.2, 0.25) is 11.8 Å². The minimum Gasteiger partial charge on any atom is -0.488 e. The van der Waals surface area contributed by atoms with Gasteiger partial charge in [-0.3, -0.25) is 9.59 Å². The second-order valence-electron chi connectivity index (χ2n) is 18.3. The third-order valence-electron chi connectivity index (χ3n) is 13.7. The van der Waals surface area contributed by atoms with Gasteiger partial charge in [-0.1, -0.05) is 32.0 Å². The maximum atomic E-state index is 14.4. The number of likely N-dealkylation sites (tertiary alicyclic amines) is 2. The van der Waals surface area contributed by atoms with Gasteiger partial charge in [0, 0.05) is 23.5 Å². The highest BCUT2D eigenvalue weighted by molar-refractivity contribution is 6.07. The van der Waals surface area contributed by atoms with Crippen LogP contribution in [-0.2, 0) is 30.4 Å². The lowest BCUT2D eigenvalue weighted by Gasteiger charge is -2.38. The Labute approximate surface area is 372 Å². The van der Waals surface area contributed by atoms with Crippen molar-refractivity contribution in [2.45, 2.75) is 122 Å². The number of amides is 4. The van der Waals surface area contributed by atoms with Crippen LogP contribution >= 0.6 is 0 Å². The Morgan fingerprint density at radius 2 is 1.61 bits per heavy atom. The predicted molar refractivity (Wildman–Crippen MR) is 239 cm³/mol. The summed E-state index contributed by atoms with van der Waals surface area (Å²) in [6.45, 7) is 10.8. The lowest BCUT2D eigenvalue weighted by Crippen LogP contribution is -2.54. The molecule has 4 aliphatic heterocycles. The summed E-state index contributed by atoms with van der Waals surface area (Å²) in [5.74, 6) is 1.69. The van der Waals surface area contributed by atoms with E-state index in [-0.39, 0.29) is 54.0 Å².